The fourth-order valence-corrected chi connectivity index (χ4v) is 2.53. The summed E-state index contributed by atoms with van der Waals surface area (Å²) >= 11 is 0. The van der Waals surface area contributed by atoms with E-state index in [4.69, 9.17) is 11.5 Å². The van der Waals surface area contributed by atoms with Crippen LogP contribution in [0.3, 0.4) is 0 Å². The predicted octanol–water partition coefficient (Wildman–Crippen LogP) is 3.65. The van der Waals surface area contributed by atoms with Gasteiger partial charge in [0.2, 0.25) is 0 Å². The molecular weight excluding hydrogens is 284 g/mol. The van der Waals surface area contributed by atoms with Crippen LogP contribution in [-0.4, -0.2) is 19.2 Å². The van der Waals surface area contributed by atoms with Crippen LogP contribution in [-0.2, 0) is 0 Å². The lowest BCUT2D eigenvalue weighted by Crippen LogP contribution is -2.23. The highest BCUT2D eigenvalue weighted by Gasteiger charge is 2.14. The molecule has 0 unspecified atom stereocenters. The van der Waals surface area contributed by atoms with Crippen LogP contribution in [0.1, 0.15) is 32.1 Å². The summed E-state index contributed by atoms with van der Waals surface area (Å²) in [7, 11) is 0. The SMILES string of the molecule is C=N/C(=C\C(=C)C(=C)/C=C\C(=C)C1CCCCC1)CN=C(N)N. The number of nitrogens with two attached hydrogens (primary N) is 2. The molecule has 4 N–H and O–H groups in total. The molecule has 1 aliphatic rings. The minimum absolute atomic E-state index is 0.0210. The van der Waals surface area contributed by atoms with Crippen LogP contribution in [0.25, 0.3) is 0 Å². The van der Waals surface area contributed by atoms with E-state index in [1.54, 1.807) is 6.08 Å². The number of allylic oxidation sites excluding steroid dienone is 6. The zero-order valence-electron chi connectivity index (χ0n) is 13.9. The van der Waals surface area contributed by atoms with Crippen molar-refractivity contribution in [1.82, 2.24) is 0 Å². The van der Waals surface area contributed by atoms with Crippen molar-refractivity contribution in [2.24, 2.45) is 27.4 Å². The van der Waals surface area contributed by atoms with Crippen LogP contribution in [0.5, 0.6) is 0 Å². The van der Waals surface area contributed by atoms with Gasteiger partial charge in [-0.1, -0.05) is 56.7 Å². The Kier molecular flexibility index (Phi) is 7.81. The fourth-order valence-electron chi connectivity index (χ4n) is 2.53. The van der Waals surface area contributed by atoms with E-state index in [9.17, 15) is 0 Å². The Hall–Kier alpha value is -2.36. The highest BCUT2D eigenvalue weighted by Crippen LogP contribution is 2.29. The van der Waals surface area contributed by atoms with Crippen LogP contribution in [0, 0.1) is 5.92 Å². The van der Waals surface area contributed by atoms with Crippen molar-refractivity contribution in [3.05, 3.63) is 60.4 Å². The smallest absolute Gasteiger partial charge is 0.186 e. The van der Waals surface area contributed by atoms with Gasteiger partial charge in [0.05, 0.1) is 12.2 Å². The second-order valence-electron chi connectivity index (χ2n) is 5.83. The Morgan fingerprint density at radius 3 is 2.22 bits per heavy atom. The molecule has 1 aliphatic carbocycles. The van der Waals surface area contributed by atoms with Gasteiger partial charge < -0.3 is 11.5 Å². The molecular formula is C19H28N4. The quantitative estimate of drug-likeness (QED) is 0.408. The van der Waals surface area contributed by atoms with E-state index in [0.717, 1.165) is 11.1 Å². The van der Waals surface area contributed by atoms with Crippen molar-refractivity contribution in [2.75, 3.05) is 6.54 Å². The molecule has 23 heavy (non-hydrogen) atoms. The summed E-state index contributed by atoms with van der Waals surface area (Å²) in [4.78, 5) is 7.81. The molecule has 4 heteroatoms. The Morgan fingerprint density at radius 2 is 1.65 bits per heavy atom. The molecule has 0 amide bonds. The minimum atomic E-state index is 0.0210. The van der Waals surface area contributed by atoms with Gasteiger partial charge in [-0.25, -0.2) is 4.99 Å². The second kappa shape index (κ2) is 9.62. The zero-order chi connectivity index (χ0) is 17.2. The first-order valence-corrected chi connectivity index (χ1v) is 7.91. The van der Waals surface area contributed by atoms with Gasteiger partial charge in [-0.15, -0.1) is 0 Å². The van der Waals surface area contributed by atoms with Gasteiger partial charge in [-0.05, 0) is 42.7 Å². The monoisotopic (exact) mass is 312 g/mol. The van der Waals surface area contributed by atoms with E-state index < -0.39 is 0 Å². The average Bonchev–Trinajstić information content (AvgIpc) is 2.56. The minimum Gasteiger partial charge on any atom is -0.370 e. The topological polar surface area (TPSA) is 76.8 Å². The van der Waals surface area contributed by atoms with Crippen molar-refractivity contribution in [1.29, 1.82) is 0 Å². The van der Waals surface area contributed by atoms with E-state index in [1.807, 2.05) is 12.2 Å². The maximum atomic E-state index is 5.32. The van der Waals surface area contributed by atoms with Crippen molar-refractivity contribution in [3.8, 4) is 0 Å². The van der Waals surface area contributed by atoms with E-state index in [-0.39, 0.29) is 12.5 Å². The molecule has 1 fully saturated rings. The Bertz CT molecular complexity index is 554. The predicted molar refractivity (Wildman–Crippen MR) is 101 cm³/mol. The lowest BCUT2D eigenvalue weighted by molar-refractivity contribution is 0.409. The van der Waals surface area contributed by atoms with Crippen LogP contribution < -0.4 is 11.5 Å². The molecule has 0 spiro atoms. The normalized spacial score (nSPS) is 16.1. The van der Waals surface area contributed by atoms with Crippen LogP contribution >= 0.6 is 0 Å². The van der Waals surface area contributed by atoms with Crippen LogP contribution in [0.15, 0.2) is 70.4 Å². The number of hydrogen-bond donors (Lipinski definition) is 2. The third kappa shape index (κ3) is 6.96. The number of guanidine groups is 1. The molecule has 0 heterocycles. The molecule has 0 saturated heterocycles. The lowest BCUT2D eigenvalue weighted by atomic mass is 9.84. The van der Waals surface area contributed by atoms with Gasteiger partial charge in [0, 0.05) is 0 Å². The number of rotatable bonds is 8. The summed E-state index contributed by atoms with van der Waals surface area (Å²) in [5.41, 5.74) is 14.0. The molecule has 4 nitrogen and oxygen atoms in total. The van der Waals surface area contributed by atoms with E-state index in [2.05, 4.69) is 36.4 Å². The molecule has 0 aromatic heterocycles. The second-order valence-corrected chi connectivity index (χ2v) is 5.83. The van der Waals surface area contributed by atoms with E-state index >= 15 is 0 Å². The first-order valence-electron chi connectivity index (χ1n) is 7.91. The van der Waals surface area contributed by atoms with Gasteiger partial charge in [-0.2, -0.15) is 0 Å². The van der Waals surface area contributed by atoms with E-state index in [0.29, 0.717) is 11.6 Å². The Morgan fingerprint density at radius 1 is 1.00 bits per heavy atom. The number of aliphatic imine (C=N–C) groups is 2. The largest absolute Gasteiger partial charge is 0.370 e. The number of hydrogen-bond acceptors (Lipinski definition) is 2. The molecule has 0 bridgehead atoms. The number of nitrogens with zero attached hydrogens (tertiary/aromatic N) is 2. The molecule has 0 atom stereocenters. The van der Waals surface area contributed by atoms with Crippen LogP contribution in [0.2, 0.25) is 0 Å². The van der Waals surface area contributed by atoms with Crippen LogP contribution in [0.4, 0.5) is 0 Å². The summed E-state index contributed by atoms with van der Waals surface area (Å²) in [6.07, 6.45) is 12.2. The summed E-state index contributed by atoms with van der Waals surface area (Å²) in [6, 6.07) is 0. The van der Waals surface area contributed by atoms with Gasteiger partial charge in [0.25, 0.3) is 0 Å². The summed E-state index contributed by atoms with van der Waals surface area (Å²) in [5, 5.41) is 0. The molecule has 0 aliphatic heterocycles. The van der Waals surface area contributed by atoms with Crippen molar-refractivity contribution < 1.29 is 0 Å². The van der Waals surface area contributed by atoms with Crippen molar-refractivity contribution in [2.45, 2.75) is 32.1 Å². The molecule has 124 valence electrons. The summed E-state index contributed by atoms with van der Waals surface area (Å²) in [5.74, 6) is 0.622. The first-order chi connectivity index (χ1) is 10.9. The Labute approximate surface area is 139 Å². The highest BCUT2D eigenvalue weighted by molar-refractivity contribution is 5.75. The first kappa shape index (κ1) is 18.7. The third-order valence-corrected chi connectivity index (χ3v) is 4.01. The zero-order valence-corrected chi connectivity index (χ0v) is 13.9. The standard InChI is InChI=1S/C19H28N4/c1-14(10-11-15(2)17-8-6-5-7-9-17)16(3)12-18(22-4)13-23-19(20)21/h10-12,17H,1-9,13H2,(H4,20,21,23)/b11-10-,18-12-. The maximum absolute atomic E-state index is 5.32. The molecule has 0 radical (unpaired) electrons. The average molecular weight is 312 g/mol. The van der Waals surface area contributed by atoms with Gasteiger partial charge in [0.1, 0.15) is 0 Å². The summed E-state index contributed by atoms with van der Waals surface area (Å²) < 4.78 is 0. The fraction of sp³-hybridized carbons (Fsp3) is 0.368. The van der Waals surface area contributed by atoms with E-state index in [1.165, 1.54) is 37.7 Å². The Balaban J connectivity index is 2.62. The molecule has 1 saturated carbocycles. The molecule has 0 aromatic rings. The molecule has 0 aromatic carbocycles. The maximum Gasteiger partial charge on any atom is 0.186 e. The van der Waals surface area contributed by atoms with Crippen molar-refractivity contribution in [3.63, 3.8) is 0 Å². The van der Waals surface area contributed by atoms with Gasteiger partial charge >= 0.3 is 0 Å². The highest BCUT2D eigenvalue weighted by atomic mass is 15.0. The van der Waals surface area contributed by atoms with Gasteiger partial charge in [-0.3, -0.25) is 4.99 Å². The lowest BCUT2D eigenvalue weighted by Gasteiger charge is -2.21. The van der Waals surface area contributed by atoms with Gasteiger partial charge in [0.15, 0.2) is 5.96 Å². The summed E-state index contributed by atoms with van der Waals surface area (Å²) in [6.45, 7) is 16.0. The van der Waals surface area contributed by atoms with Crippen molar-refractivity contribution >= 4 is 12.7 Å². The third-order valence-electron chi connectivity index (χ3n) is 4.01. The molecule has 1 rings (SSSR count).